The number of benzene rings is 1. The minimum absolute atomic E-state index is 0.113. The molecule has 0 aliphatic rings. The Kier molecular flexibility index (Phi) is 5.74. The monoisotopic (exact) mass is 311 g/mol. The average molecular weight is 311 g/mol. The van der Waals surface area contributed by atoms with Crippen LogP contribution in [-0.4, -0.2) is 42.1 Å². The molecule has 0 radical (unpaired) electrons. The Hall–Kier alpha value is -1.60. The molecule has 1 rings (SSSR count). The molecule has 0 atom stereocenters. The van der Waals surface area contributed by atoms with Crippen LogP contribution in [0.15, 0.2) is 23.1 Å². The predicted molar refractivity (Wildman–Crippen MR) is 84.7 cm³/mol. The normalized spacial score (nSPS) is 11.3. The van der Waals surface area contributed by atoms with E-state index in [0.717, 1.165) is 4.90 Å². The maximum Gasteiger partial charge on any atom is 0.282 e. The van der Waals surface area contributed by atoms with E-state index in [9.17, 15) is 14.9 Å². The minimum Gasteiger partial charge on any atom is -0.341 e. The van der Waals surface area contributed by atoms with E-state index in [2.05, 4.69) is 0 Å². The van der Waals surface area contributed by atoms with Crippen molar-refractivity contribution in [3.63, 3.8) is 0 Å². The summed E-state index contributed by atoms with van der Waals surface area (Å²) in [4.78, 5) is 25.4. The molecule has 1 amide bonds. The van der Waals surface area contributed by atoms with Gasteiger partial charge in [-0.3, -0.25) is 14.9 Å². The molecule has 0 spiro atoms. The largest absolute Gasteiger partial charge is 0.341 e. The maximum atomic E-state index is 12.5. The number of nitro benzene ring substituents is 1. The molecule has 0 unspecified atom stereocenters. The molecule has 7 heteroatoms. The summed E-state index contributed by atoms with van der Waals surface area (Å²) in [7, 11) is 1.63. The Bertz CT molecular complexity index is 546. The van der Waals surface area contributed by atoms with Gasteiger partial charge in [-0.15, -0.1) is 11.8 Å². The Labute approximate surface area is 128 Å². The third-order valence-corrected chi connectivity index (χ3v) is 3.92. The lowest BCUT2D eigenvalue weighted by Crippen LogP contribution is -2.39. The van der Waals surface area contributed by atoms with Gasteiger partial charge in [0.15, 0.2) is 0 Å². The first kappa shape index (κ1) is 17.5. The van der Waals surface area contributed by atoms with Gasteiger partial charge in [0.2, 0.25) is 0 Å². The SMILES string of the molecule is CSc1ccc([N+](=O)[O-])c(C(=O)N(C)CC(C)(C)CN)c1. The third-order valence-electron chi connectivity index (χ3n) is 3.20. The van der Waals surface area contributed by atoms with Gasteiger partial charge in [-0.2, -0.15) is 0 Å². The molecule has 1 aromatic carbocycles. The second-order valence-electron chi connectivity index (χ2n) is 5.67. The fraction of sp³-hybridized carbons (Fsp3) is 0.500. The number of nitro groups is 1. The van der Waals surface area contributed by atoms with Crippen molar-refractivity contribution in [3.05, 3.63) is 33.9 Å². The molecular formula is C14H21N3O3S. The summed E-state index contributed by atoms with van der Waals surface area (Å²) in [5.41, 5.74) is 5.37. The first-order chi connectivity index (χ1) is 9.71. The van der Waals surface area contributed by atoms with E-state index in [0.29, 0.717) is 13.1 Å². The Balaban J connectivity index is 3.13. The highest BCUT2D eigenvalue weighted by molar-refractivity contribution is 7.98. The second kappa shape index (κ2) is 6.91. The predicted octanol–water partition coefficient (Wildman–Crippen LogP) is 2.37. The van der Waals surface area contributed by atoms with Crippen molar-refractivity contribution < 1.29 is 9.72 Å². The van der Waals surface area contributed by atoms with E-state index in [1.54, 1.807) is 19.2 Å². The molecule has 21 heavy (non-hydrogen) atoms. The van der Waals surface area contributed by atoms with Crippen LogP contribution in [0, 0.1) is 15.5 Å². The van der Waals surface area contributed by atoms with Gasteiger partial charge in [0.1, 0.15) is 5.56 Å². The molecule has 0 fully saturated rings. The lowest BCUT2D eigenvalue weighted by Gasteiger charge is -2.29. The first-order valence-corrected chi connectivity index (χ1v) is 7.72. The Morgan fingerprint density at radius 3 is 2.57 bits per heavy atom. The van der Waals surface area contributed by atoms with E-state index in [-0.39, 0.29) is 22.6 Å². The maximum absolute atomic E-state index is 12.5. The first-order valence-electron chi connectivity index (χ1n) is 6.50. The fourth-order valence-electron chi connectivity index (χ4n) is 1.96. The highest BCUT2D eigenvalue weighted by atomic mass is 32.2. The van der Waals surface area contributed by atoms with Gasteiger partial charge in [0.05, 0.1) is 4.92 Å². The summed E-state index contributed by atoms with van der Waals surface area (Å²) in [5.74, 6) is -0.362. The van der Waals surface area contributed by atoms with Crippen LogP contribution >= 0.6 is 11.8 Å². The van der Waals surface area contributed by atoms with E-state index in [1.165, 1.54) is 22.7 Å². The van der Waals surface area contributed by atoms with E-state index < -0.39 is 4.92 Å². The third kappa shape index (κ3) is 4.44. The zero-order valence-corrected chi connectivity index (χ0v) is 13.6. The van der Waals surface area contributed by atoms with E-state index in [1.807, 2.05) is 20.1 Å². The minimum atomic E-state index is -0.529. The topological polar surface area (TPSA) is 89.5 Å². The number of nitrogens with two attached hydrogens (primary N) is 1. The van der Waals surface area contributed by atoms with Crippen LogP contribution in [0.2, 0.25) is 0 Å². The average Bonchev–Trinajstić information content (AvgIpc) is 2.45. The molecular weight excluding hydrogens is 290 g/mol. The zero-order valence-electron chi connectivity index (χ0n) is 12.8. The molecule has 116 valence electrons. The van der Waals surface area contributed by atoms with Crippen LogP contribution in [0.1, 0.15) is 24.2 Å². The van der Waals surface area contributed by atoms with Crippen molar-refractivity contribution in [1.82, 2.24) is 4.90 Å². The van der Waals surface area contributed by atoms with Gasteiger partial charge in [0.25, 0.3) is 11.6 Å². The summed E-state index contributed by atoms with van der Waals surface area (Å²) in [6.07, 6.45) is 1.86. The van der Waals surface area contributed by atoms with Gasteiger partial charge in [-0.05, 0) is 30.3 Å². The van der Waals surface area contributed by atoms with Crippen molar-refractivity contribution in [2.45, 2.75) is 18.7 Å². The van der Waals surface area contributed by atoms with Crippen LogP contribution in [-0.2, 0) is 0 Å². The van der Waals surface area contributed by atoms with E-state index in [4.69, 9.17) is 5.73 Å². The highest BCUT2D eigenvalue weighted by Crippen LogP contribution is 2.26. The number of nitrogens with zero attached hydrogens (tertiary/aromatic N) is 2. The van der Waals surface area contributed by atoms with Crippen LogP contribution in [0.25, 0.3) is 0 Å². The molecule has 6 nitrogen and oxygen atoms in total. The highest BCUT2D eigenvalue weighted by Gasteiger charge is 2.27. The number of hydrogen-bond acceptors (Lipinski definition) is 5. The summed E-state index contributed by atoms with van der Waals surface area (Å²) >= 11 is 1.44. The Morgan fingerprint density at radius 1 is 1.48 bits per heavy atom. The van der Waals surface area contributed by atoms with Crippen molar-refractivity contribution in [1.29, 1.82) is 0 Å². The fourth-order valence-corrected chi connectivity index (χ4v) is 2.40. The van der Waals surface area contributed by atoms with Crippen LogP contribution < -0.4 is 5.73 Å². The number of hydrogen-bond donors (Lipinski definition) is 1. The summed E-state index contributed by atoms with van der Waals surface area (Å²) in [5, 5.41) is 11.1. The van der Waals surface area contributed by atoms with Crippen molar-refractivity contribution in [2.75, 3.05) is 26.4 Å². The standard InChI is InChI=1S/C14H21N3O3S/c1-14(2,8-15)9-16(3)13(18)11-7-10(21-4)5-6-12(11)17(19)20/h5-7H,8-9,15H2,1-4H3. The number of rotatable bonds is 6. The number of carbonyl (C=O) groups excluding carboxylic acids is 1. The van der Waals surface area contributed by atoms with Crippen LogP contribution in [0.5, 0.6) is 0 Å². The molecule has 0 saturated heterocycles. The van der Waals surface area contributed by atoms with E-state index >= 15 is 0 Å². The number of amides is 1. The molecule has 1 aromatic rings. The molecule has 0 aliphatic carbocycles. The van der Waals surface area contributed by atoms with Gasteiger partial charge < -0.3 is 10.6 Å². The molecule has 0 bridgehead atoms. The lowest BCUT2D eigenvalue weighted by molar-refractivity contribution is -0.385. The molecule has 0 aliphatic heterocycles. The van der Waals surface area contributed by atoms with Crippen LogP contribution in [0.3, 0.4) is 0 Å². The molecule has 0 aromatic heterocycles. The quantitative estimate of drug-likeness (QED) is 0.495. The molecule has 2 N–H and O–H groups in total. The van der Waals surface area contributed by atoms with Crippen LogP contribution in [0.4, 0.5) is 5.69 Å². The van der Waals surface area contributed by atoms with Gasteiger partial charge in [0, 0.05) is 24.6 Å². The molecule has 0 heterocycles. The van der Waals surface area contributed by atoms with Crippen molar-refractivity contribution >= 4 is 23.4 Å². The zero-order chi connectivity index (χ0) is 16.2. The summed E-state index contributed by atoms with van der Waals surface area (Å²) < 4.78 is 0. The smallest absolute Gasteiger partial charge is 0.282 e. The van der Waals surface area contributed by atoms with Gasteiger partial charge in [-0.1, -0.05) is 13.8 Å². The summed E-state index contributed by atoms with van der Waals surface area (Å²) in [6, 6.07) is 4.58. The Morgan fingerprint density at radius 2 is 2.10 bits per heavy atom. The van der Waals surface area contributed by atoms with Crippen molar-refractivity contribution in [2.24, 2.45) is 11.1 Å². The van der Waals surface area contributed by atoms with Gasteiger partial charge in [-0.25, -0.2) is 0 Å². The number of thioether (sulfide) groups is 1. The number of carbonyl (C=O) groups is 1. The van der Waals surface area contributed by atoms with Gasteiger partial charge >= 0.3 is 0 Å². The summed E-state index contributed by atoms with van der Waals surface area (Å²) in [6.45, 7) is 4.76. The second-order valence-corrected chi connectivity index (χ2v) is 6.55. The lowest BCUT2D eigenvalue weighted by atomic mass is 9.93. The molecule has 0 saturated carbocycles. The van der Waals surface area contributed by atoms with Crippen molar-refractivity contribution in [3.8, 4) is 0 Å².